The lowest BCUT2D eigenvalue weighted by molar-refractivity contribution is -0.138. The van der Waals surface area contributed by atoms with Crippen molar-refractivity contribution in [3.05, 3.63) is 29.8 Å². The number of hydrogen-bond acceptors (Lipinski definition) is 4. The third kappa shape index (κ3) is 3.96. The van der Waals surface area contributed by atoms with Crippen LogP contribution in [0.4, 0.5) is 0 Å². The van der Waals surface area contributed by atoms with Gasteiger partial charge in [-0.05, 0) is 49.9 Å². The largest absolute Gasteiger partial charge is 0.481 e. The molecular weight excluding hydrogens is 268 g/mol. The van der Waals surface area contributed by atoms with Gasteiger partial charge in [-0.1, -0.05) is 0 Å². The predicted octanol–water partition coefficient (Wildman–Crippen LogP) is 1.55. The Hall–Kier alpha value is -2.06. The Labute approximate surface area is 124 Å². The van der Waals surface area contributed by atoms with Gasteiger partial charge >= 0.3 is 0 Å². The molecule has 1 aliphatic carbocycles. The molecule has 1 amide bonds. The van der Waals surface area contributed by atoms with Crippen molar-refractivity contribution in [2.45, 2.75) is 32.0 Å². The standard InChI is InChI=1S/C16H20N2O3/c1-11(21-15-5-3-12(9-17)4-6-15)16(20)18(2)10-13-7-14(19)8-13/h3-6,11,13-14,19H,7-8,10H2,1-2H3. The first-order valence-corrected chi connectivity index (χ1v) is 7.09. The van der Waals surface area contributed by atoms with E-state index in [4.69, 9.17) is 10.00 Å². The van der Waals surface area contributed by atoms with Gasteiger partial charge in [-0.15, -0.1) is 0 Å². The fraction of sp³-hybridized carbons (Fsp3) is 0.500. The Morgan fingerprint density at radius 1 is 1.48 bits per heavy atom. The van der Waals surface area contributed by atoms with Gasteiger partial charge in [0.05, 0.1) is 17.7 Å². The summed E-state index contributed by atoms with van der Waals surface area (Å²) in [5.74, 6) is 0.874. The van der Waals surface area contributed by atoms with Crippen LogP contribution >= 0.6 is 0 Å². The highest BCUT2D eigenvalue weighted by atomic mass is 16.5. The van der Waals surface area contributed by atoms with E-state index in [1.165, 1.54) is 0 Å². The summed E-state index contributed by atoms with van der Waals surface area (Å²) in [4.78, 5) is 13.9. The van der Waals surface area contributed by atoms with Crippen molar-refractivity contribution < 1.29 is 14.6 Å². The molecule has 1 N–H and O–H groups in total. The fourth-order valence-electron chi connectivity index (χ4n) is 2.50. The van der Waals surface area contributed by atoms with Crippen molar-refractivity contribution >= 4 is 5.91 Å². The molecule has 1 unspecified atom stereocenters. The first kappa shape index (κ1) is 15.3. The van der Waals surface area contributed by atoms with Crippen LogP contribution in [0.5, 0.6) is 5.75 Å². The molecule has 0 radical (unpaired) electrons. The first-order valence-electron chi connectivity index (χ1n) is 7.09. The SMILES string of the molecule is CC(Oc1ccc(C#N)cc1)C(=O)N(C)CC1CC(O)C1. The van der Waals surface area contributed by atoms with E-state index in [1.54, 1.807) is 43.1 Å². The number of likely N-dealkylation sites (N-methyl/N-ethyl adjacent to an activating group) is 1. The maximum absolute atomic E-state index is 12.2. The second-order valence-electron chi connectivity index (χ2n) is 5.61. The molecule has 0 spiro atoms. The summed E-state index contributed by atoms with van der Waals surface area (Å²) in [5, 5.41) is 18.0. The van der Waals surface area contributed by atoms with Crippen molar-refractivity contribution in [2.75, 3.05) is 13.6 Å². The molecular formula is C16H20N2O3. The Morgan fingerprint density at radius 2 is 2.10 bits per heavy atom. The summed E-state index contributed by atoms with van der Waals surface area (Å²) in [5.41, 5.74) is 0.557. The van der Waals surface area contributed by atoms with Crippen molar-refractivity contribution in [1.29, 1.82) is 5.26 Å². The molecule has 1 aromatic carbocycles. The number of amides is 1. The minimum Gasteiger partial charge on any atom is -0.481 e. The van der Waals surface area contributed by atoms with Gasteiger partial charge in [0, 0.05) is 13.6 Å². The normalized spacial score (nSPS) is 21.8. The van der Waals surface area contributed by atoms with Crippen LogP contribution in [0.25, 0.3) is 0 Å². The number of nitriles is 1. The molecule has 1 saturated carbocycles. The highest BCUT2D eigenvalue weighted by molar-refractivity contribution is 5.80. The molecule has 0 aliphatic heterocycles. The highest BCUT2D eigenvalue weighted by Gasteiger charge is 2.30. The van der Waals surface area contributed by atoms with Crippen LogP contribution in [0.2, 0.25) is 0 Å². The number of hydrogen-bond donors (Lipinski definition) is 1. The molecule has 5 heteroatoms. The van der Waals surface area contributed by atoms with Crippen LogP contribution in [0.3, 0.4) is 0 Å². The summed E-state index contributed by atoms with van der Waals surface area (Å²) in [6, 6.07) is 8.72. The lowest BCUT2D eigenvalue weighted by Gasteiger charge is -2.35. The summed E-state index contributed by atoms with van der Waals surface area (Å²) in [6.45, 7) is 2.36. The van der Waals surface area contributed by atoms with Crippen molar-refractivity contribution in [3.8, 4) is 11.8 Å². The van der Waals surface area contributed by atoms with E-state index in [9.17, 15) is 9.90 Å². The number of aliphatic hydroxyl groups excluding tert-OH is 1. The van der Waals surface area contributed by atoms with Gasteiger partial charge < -0.3 is 14.7 Å². The minimum absolute atomic E-state index is 0.0826. The number of ether oxygens (including phenoxy) is 1. The van der Waals surface area contributed by atoms with E-state index in [0.717, 1.165) is 12.8 Å². The zero-order valence-electron chi connectivity index (χ0n) is 12.3. The smallest absolute Gasteiger partial charge is 0.263 e. The molecule has 0 heterocycles. The fourth-order valence-corrected chi connectivity index (χ4v) is 2.50. The summed E-state index contributed by atoms with van der Waals surface area (Å²) in [6.07, 6.45) is 0.754. The average Bonchev–Trinajstić information content (AvgIpc) is 2.45. The molecule has 1 fully saturated rings. The van der Waals surface area contributed by atoms with Crippen LogP contribution < -0.4 is 4.74 Å². The van der Waals surface area contributed by atoms with Gasteiger partial charge in [0.1, 0.15) is 5.75 Å². The monoisotopic (exact) mass is 288 g/mol. The highest BCUT2D eigenvalue weighted by Crippen LogP contribution is 2.27. The van der Waals surface area contributed by atoms with Gasteiger partial charge in [-0.25, -0.2) is 0 Å². The maximum Gasteiger partial charge on any atom is 0.263 e. The van der Waals surface area contributed by atoms with Crippen LogP contribution in [-0.2, 0) is 4.79 Å². The van der Waals surface area contributed by atoms with Crippen molar-refractivity contribution in [1.82, 2.24) is 4.90 Å². The Balaban J connectivity index is 1.84. The Bertz CT molecular complexity index is 529. The van der Waals surface area contributed by atoms with Crippen LogP contribution in [-0.4, -0.2) is 41.7 Å². The van der Waals surface area contributed by atoms with E-state index in [-0.39, 0.29) is 12.0 Å². The number of rotatable bonds is 5. The van der Waals surface area contributed by atoms with Gasteiger partial charge in [0.2, 0.25) is 0 Å². The van der Waals surface area contributed by atoms with Gasteiger partial charge in [-0.2, -0.15) is 5.26 Å². The zero-order valence-corrected chi connectivity index (χ0v) is 12.3. The number of nitrogens with zero attached hydrogens (tertiary/aromatic N) is 2. The summed E-state index contributed by atoms with van der Waals surface area (Å²) >= 11 is 0. The van der Waals surface area contributed by atoms with Gasteiger partial charge in [0.25, 0.3) is 5.91 Å². The number of carbonyl (C=O) groups excluding carboxylic acids is 1. The number of carbonyl (C=O) groups is 1. The summed E-state index contributed by atoms with van der Waals surface area (Å²) < 4.78 is 5.60. The van der Waals surface area contributed by atoms with Gasteiger partial charge in [-0.3, -0.25) is 4.79 Å². The lowest BCUT2D eigenvalue weighted by Crippen LogP contribution is -2.44. The van der Waals surface area contributed by atoms with Crippen LogP contribution in [0, 0.1) is 17.2 Å². The second-order valence-corrected chi connectivity index (χ2v) is 5.61. The van der Waals surface area contributed by atoms with E-state index in [0.29, 0.717) is 23.8 Å². The van der Waals surface area contributed by atoms with E-state index in [1.807, 2.05) is 6.07 Å². The molecule has 21 heavy (non-hydrogen) atoms. The zero-order chi connectivity index (χ0) is 15.4. The molecule has 1 aromatic rings. The van der Waals surface area contributed by atoms with Gasteiger partial charge in [0.15, 0.2) is 6.10 Å². The molecule has 0 aromatic heterocycles. The van der Waals surface area contributed by atoms with E-state index >= 15 is 0 Å². The van der Waals surface area contributed by atoms with Crippen molar-refractivity contribution in [2.24, 2.45) is 5.92 Å². The third-order valence-corrected chi connectivity index (χ3v) is 3.76. The van der Waals surface area contributed by atoms with Crippen LogP contribution in [0.15, 0.2) is 24.3 Å². The number of aliphatic hydroxyl groups is 1. The third-order valence-electron chi connectivity index (χ3n) is 3.76. The van der Waals surface area contributed by atoms with E-state index in [2.05, 4.69) is 0 Å². The molecule has 0 saturated heterocycles. The predicted molar refractivity (Wildman–Crippen MR) is 77.6 cm³/mol. The Kier molecular flexibility index (Phi) is 4.81. The van der Waals surface area contributed by atoms with Crippen molar-refractivity contribution in [3.63, 3.8) is 0 Å². The summed E-state index contributed by atoms with van der Waals surface area (Å²) in [7, 11) is 1.76. The average molecular weight is 288 g/mol. The number of benzene rings is 1. The Morgan fingerprint density at radius 3 is 2.62 bits per heavy atom. The first-order chi connectivity index (χ1) is 9.99. The van der Waals surface area contributed by atoms with Crippen LogP contribution in [0.1, 0.15) is 25.3 Å². The maximum atomic E-state index is 12.2. The molecule has 1 atom stereocenters. The molecule has 2 rings (SSSR count). The topological polar surface area (TPSA) is 73.6 Å². The molecule has 0 bridgehead atoms. The quantitative estimate of drug-likeness (QED) is 0.892. The molecule has 112 valence electrons. The molecule has 5 nitrogen and oxygen atoms in total. The minimum atomic E-state index is -0.576. The second kappa shape index (κ2) is 6.59. The molecule has 1 aliphatic rings. The lowest BCUT2D eigenvalue weighted by atomic mass is 9.82. The van der Waals surface area contributed by atoms with E-state index < -0.39 is 6.10 Å².